The summed E-state index contributed by atoms with van der Waals surface area (Å²) in [6.45, 7) is 12.2. The van der Waals surface area contributed by atoms with Crippen LogP contribution in [-0.2, 0) is 83.6 Å². The maximum Gasteiger partial charge on any atom is 0.442 e. The van der Waals surface area contributed by atoms with Gasteiger partial charge in [-0.2, -0.15) is 27.9 Å². The number of carboxylic acids is 2. The van der Waals surface area contributed by atoms with Gasteiger partial charge in [-0.3, -0.25) is 19.2 Å². The normalized spacial score (nSPS) is 18.6. The molecule has 37 heteroatoms. The zero-order valence-corrected chi connectivity index (χ0v) is 54.5. The SMILES string of the molecule is CC1(C)[C@H](NC(=O)/C(=N\O[C@@H](COc2ccc(-c3cn(CCCN)[n+](CC4CNC4)c3)cc2)C(=O)O)c2csc(N)n2)C(=O)N1OS(=O)(=O)ON1C(=O)[C@@H](NC(=O)/C(=N\O[C@@H](COc2ccc(-c3cn(CCCN)[n+](CC4CNC4)c3)cc2)C(=O)O)c2csc(N)n2)C1(C)C. The van der Waals surface area contributed by atoms with Gasteiger partial charge in [-0.15, -0.1) is 40.6 Å². The molecule has 4 fully saturated rings. The lowest BCUT2D eigenvalue weighted by Gasteiger charge is -2.52. The molecule has 2 aromatic carbocycles. The first-order valence-electron chi connectivity index (χ1n) is 30.1. The Kier molecular flexibility index (Phi) is 21.1. The number of nitrogens with two attached hydrogens (primary N) is 4. The number of hydrogen-bond acceptors (Lipinski definition) is 26. The van der Waals surface area contributed by atoms with Crippen molar-refractivity contribution < 1.29 is 84.5 Å². The summed E-state index contributed by atoms with van der Waals surface area (Å²) < 4.78 is 57.3. The van der Waals surface area contributed by atoms with Crippen LogP contribution in [0.5, 0.6) is 11.5 Å². The maximum atomic E-state index is 14.0. The van der Waals surface area contributed by atoms with E-state index >= 15 is 0 Å². The zero-order chi connectivity index (χ0) is 67.9. The number of β-lactam (4-membered cyclic amide) rings is 2. The number of anilines is 2. The smallest absolute Gasteiger partial charge is 0.442 e. The van der Waals surface area contributed by atoms with Gasteiger partial charge in [0.15, 0.2) is 34.8 Å². The number of hydrogen-bond donors (Lipinski definition) is 10. The molecular formula is C58H74N18O16S3+2. The number of nitrogens with one attached hydrogen (secondary N) is 4. The van der Waals surface area contributed by atoms with Crippen molar-refractivity contribution in [3.63, 3.8) is 0 Å². The van der Waals surface area contributed by atoms with Gasteiger partial charge in [0.1, 0.15) is 48.2 Å². The monoisotopic (exact) mass is 1370 g/mol. The molecule has 4 amide bonds. The molecule has 0 radical (unpaired) electrons. The highest BCUT2D eigenvalue weighted by atomic mass is 32.3. The Labute approximate surface area is 551 Å². The number of aromatic nitrogens is 6. The molecule has 8 heterocycles. The summed E-state index contributed by atoms with van der Waals surface area (Å²) in [5.74, 6) is -5.86. The predicted molar refractivity (Wildman–Crippen MR) is 339 cm³/mol. The van der Waals surface area contributed by atoms with Crippen LogP contribution in [0.15, 0.2) is 94.4 Å². The standard InChI is InChI=1S/C58H72N18O16S3/c1-57(2)47(67-49(77)45(41-31-93-55(61)65-41)69-89-43(53(81)82)29-87-39-11-7-35(8-12-39)37-25-71(17-5-15-59)73(27-37)23-33-19-63-20-33)51(79)75(57)91-95(85,86)92-76-52(80)48(58(76,3)4)68-50(78)46(42-32-94-56(62)66-42)70-90-44(54(83)84)30-88-40-13-9-36(10-14-40)38-26-72(18-6-16-60)74(28-38)24-34-21-64-22-34/h7-14,25-28,31-34,43-44,47-48,63-64H,5-6,15-24,29-30,59-60H2,1-4H3,(H6-2,61,62,65,66,67,68,77,78,81,82,83,84)/p+2/b69-45-,70-46-/t43-,44-,47+,48+/m0/s1. The number of ether oxygens (including phenoxy) is 2. The first-order valence-corrected chi connectivity index (χ1v) is 33.2. The third kappa shape index (κ3) is 16.0. The number of carboxylic acid groups (broad SMARTS) is 2. The molecule has 10 rings (SSSR count). The fraction of sp³-hybridized carbons (Fsp3) is 0.448. The largest absolute Gasteiger partial charge is 0.489 e. The fourth-order valence-electron chi connectivity index (χ4n) is 10.4. The van der Waals surface area contributed by atoms with Crippen molar-refractivity contribution in [2.45, 2.75) is 102 Å². The van der Waals surface area contributed by atoms with E-state index in [1.54, 1.807) is 24.3 Å². The number of thiazole rings is 2. The quantitative estimate of drug-likeness (QED) is 0.00996. The summed E-state index contributed by atoms with van der Waals surface area (Å²) in [6.07, 6.45) is 6.29. The molecule has 4 aromatic heterocycles. The number of rotatable bonds is 34. The van der Waals surface area contributed by atoms with Crippen molar-refractivity contribution in [3.8, 4) is 33.8 Å². The van der Waals surface area contributed by atoms with Gasteiger partial charge in [0.05, 0.1) is 47.7 Å². The van der Waals surface area contributed by atoms with Crippen LogP contribution in [-0.4, -0.2) is 183 Å². The Morgan fingerprint density at radius 3 is 1.34 bits per heavy atom. The lowest BCUT2D eigenvalue weighted by Crippen LogP contribution is -2.78. The molecule has 0 unspecified atom stereocenters. The number of carbonyl (C=O) groups is 6. The highest BCUT2D eigenvalue weighted by molar-refractivity contribution is 7.81. The van der Waals surface area contributed by atoms with Gasteiger partial charge in [-0.1, -0.05) is 34.6 Å². The molecule has 4 atom stereocenters. The predicted octanol–water partition coefficient (Wildman–Crippen LogP) is -1.06. The van der Waals surface area contributed by atoms with Gasteiger partial charge in [0.25, 0.3) is 35.8 Å². The molecule has 4 saturated heterocycles. The summed E-state index contributed by atoms with van der Waals surface area (Å²) in [4.78, 5) is 99.0. The Balaban J connectivity index is 0.728. The molecule has 0 saturated carbocycles. The van der Waals surface area contributed by atoms with E-state index in [-0.39, 0.29) is 21.7 Å². The van der Waals surface area contributed by atoms with Gasteiger partial charge >= 0.3 is 22.3 Å². The third-order valence-electron chi connectivity index (χ3n) is 16.1. The van der Waals surface area contributed by atoms with Crippen LogP contribution in [0.2, 0.25) is 0 Å². The molecule has 6 aromatic rings. The molecule has 0 aliphatic carbocycles. The lowest BCUT2D eigenvalue weighted by molar-refractivity contribution is -0.781. The summed E-state index contributed by atoms with van der Waals surface area (Å²) in [5.41, 5.74) is 22.1. The third-order valence-corrected chi connectivity index (χ3v) is 18.1. The Morgan fingerprint density at radius 1 is 0.653 bits per heavy atom. The summed E-state index contributed by atoms with van der Waals surface area (Å²) in [7, 11) is -5.37. The first kappa shape index (κ1) is 68.6. The Hall–Kier alpha value is -9.21. The van der Waals surface area contributed by atoms with Crippen molar-refractivity contribution in [1.82, 2.24) is 50.7 Å². The van der Waals surface area contributed by atoms with E-state index in [2.05, 4.69) is 72.7 Å². The van der Waals surface area contributed by atoms with Crippen molar-refractivity contribution in [3.05, 3.63) is 95.5 Å². The number of aryl methyl sites for hydroxylation is 2. The average Bonchev–Trinajstić information content (AvgIpc) is 1.38. The molecule has 95 heavy (non-hydrogen) atoms. The van der Waals surface area contributed by atoms with Crippen molar-refractivity contribution in [2.75, 3.05) is 63.9 Å². The van der Waals surface area contributed by atoms with E-state index in [1.165, 1.54) is 38.5 Å². The Bertz CT molecular complexity index is 3730. The molecule has 0 bridgehead atoms. The number of benzene rings is 2. The minimum atomic E-state index is -5.37. The molecule has 4 aliphatic heterocycles. The van der Waals surface area contributed by atoms with Gasteiger partial charge < -0.3 is 73.6 Å². The number of carbonyl (C=O) groups excluding carboxylic acids is 4. The van der Waals surface area contributed by atoms with Crippen LogP contribution >= 0.6 is 22.7 Å². The number of hydroxylamine groups is 4. The maximum absolute atomic E-state index is 14.0. The van der Waals surface area contributed by atoms with E-state index in [0.717, 1.165) is 110 Å². The highest BCUT2D eigenvalue weighted by Gasteiger charge is 2.61. The highest BCUT2D eigenvalue weighted by Crippen LogP contribution is 2.37. The van der Waals surface area contributed by atoms with Gasteiger partial charge in [-0.05, 0) is 89.0 Å². The van der Waals surface area contributed by atoms with Crippen molar-refractivity contribution in [2.24, 2.45) is 33.6 Å². The number of aliphatic carboxylic acids is 2. The molecule has 14 N–H and O–H groups in total. The van der Waals surface area contributed by atoms with Crippen LogP contribution in [0.4, 0.5) is 10.3 Å². The zero-order valence-electron chi connectivity index (χ0n) is 52.1. The molecule has 4 aliphatic rings. The van der Waals surface area contributed by atoms with E-state index in [4.69, 9.17) is 50.7 Å². The van der Waals surface area contributed by atoms with Crippen molar-refractivity contribution in [1.29, 1.82) is 0 Å². The van der Waals surface area contributed by atoms with E-state index in [0.29, 0.717) is 46.6 Å². The average molecular weight is 1380 g/mol. The number of amides is 4. The Morgan fingerprint density at radius 2 is 1.03 bits per heavy atom. The number of oxime groups is 2. The lowest BCUT2D eigenvalue weighted by atomic mass is 9.84. The first-order chi connectivity index (χ1) is 45.3. The molecule has 34 nitrogen and oxygen atoms in total. The van der Waals surface area contributed by atoms with E-state index < -0.39 is 106 Å². The van der Waals surface area contributed by atoms with Gasteiger partial charge in [-0.25, -0.2) is 19.6 Å². The second kappa shape index (κ2) is 29.2. The summed E-state index contributed by atoms with van der Waals surface area (Å²) in [6, 6.07) is 10.9. The second-order valence-corrected chi connectivity index (χ2v) is 26.7. The van der Waals surface area contributed by atoms with Crippen LogP contribution in [0.1, 0.15) is 51.9 Å². The number of nitrogen functional groups attached to an aromatic ring is 2. The minimum absolute atomic E-state index is 0.00825. The number of nitrogens with zero attached hydrogens (tertiary/aromatic N) is 10. The van der Waals surface area contributed by atoms with Crippen LogP contribution < -0.4 is 63.0 Å². The topological polar surface area (TPSA) is 459 Å². The van der Waals surface area contributed by atoms with Gasteiger partial charge in [0, 0.05) is 48.8 Å². The van der Waals surface area contributed by atoms with Crippen LogP contribution in [0.25, 0.3) is 22.3 Å². The second-order valence-electron chi connectivity index (χ2n) is 23.8. The molecule has 508 valence electrons. The van der Waals surface area contributed by atoms with Crippen LogP contribution in [0.3, 0.4) is 0 Å². The van der Waals surface area contributed by atoms with Crippen molar-refractivity contribution >= 4 is 90.3 Å². The van der Waals surface area contributed by atoms with Crippen LogP contribution in [0, 0.1) is 11.8 Å². The minimum Gasteiger partial charge on any atom is -0.489 e. The fourth-order valence-corrected chi connectivity index (χ4v) is 12.4. The van der Waals surface area contributed by atoms with E-state index in [9.17, 15) is 47.4 Å². The van der Waals surface area contributed by atoms with E-state index in [1.807, 2.05) is 36.7 Å². The van der Waals surface area contributed by atoms with Gasteiger partial charge in [0.2, 0.25) is 12.4 Å². The molecular weight excluding hydrogens is 1300 g/mol. The summed E-state index contributed by atoms with van der Waals surface area (Å²) >= 11 is 1.82. The molecule has 0 spiro atoms. The summed E-state index contributed by atoms with van der Waals surface area (Å²) in [5, 5.41) is 42.7.